The molecule has 0 amide bonds. The zero-order valence-corrected chi connectivity index (χ0v) is 9.32. The van der Waals surface area contributed by atoms with E-state index >= 15 is 0 Å². The van der Waals surface area contributed by atoms with Gasteiger partial charge in [-0.15, -0.1) is 0 Å². The molecule has 92 valence electrons. The van der Waals surface area contributed by atoms with E-state index in [1.165, 1.54) is 0 Å². The molecule has 1 aliphatic rings. The highest BCUT2D eigenvalue weighted by Crippen LogP contribution is 2.17. The number of esters is 1. The molecule has 0 aliphatic carbocycles. The fraction of sp³-hybridized carbons (Fsp3) is 0.800. The Hall–Kier alpha value is -1.14. The molecule has 6 heteroatoms. The summed E-state index contributed by atoms with van der Waals surface area (Å²) in [6.45, 7) is 2.69. The third-order valence-electron chi connectivity index (χ3n) is 2.36. The van der Waals surface area contributed by atoms with Crippen LogP contribution in [-0.4, -0.2) is 36.1 Å². The number of nitrogens with one attached hydrogen (secondary N) is 1. The summed E-state index contributed by atoms with van der Waals surface area (Å²) in [6.07, 6.45) is 1.45. The van der Waals surface area contributed by atoms with Crippen molar-refractivity contribution in [3.63, 3.8) is 0 Å². The number of rotatable bonds is 4. The molecule has 1 fully saturated rings. The van der Waals surface area contributed by atoms with Gasteiger partial charge in [0.2, 0.25) is 5.72 Å². The molecule has 1 saturated heterocycles. The standard InChI is InChI=1S/C10H17NO5/c1-2-3-7-15-9(13)16-8(12)10(14)5-4-6-11-10/h11,14H,2-7H2,1H3/t10-/m1/s1. The number of carbonyl (C=O) groups is 2. The van der Waals surface area contributed by atoms with Crippen LogP contribution in [-0.2, 0) is 14.3 Å². The van der Waals surface area contributed by atoms with Gasteiger partial charge in [0.25, 0.3) is 0 Å². The van der Waals surface area contributed by atoms with E-state index in [0.29, 0.717) is 19.4 Å². The molecule has 0 spiro atoms. The van der Waals surface area contributed by atoms with Crippen LogP contribution in [0.4, 0.5) is 4.79 Å². The van der Waals surface area contributed by atoms with E-state index in [2.05, 4.69) is 14.8 Å². The molecule has 0 aromatic rings. The Morgan fingerprint density at radius 1 is 1.50 bits per heavy atom. The Kier molecular flexibility index (Phi) is 4.70. The fourth-order valence-corrected chi connectivity index (χ4v) is 1.39. The van der Waals surface area contributed by atoms with Crippen molar-refractivity contribution in [3.05, 3.63) is 0 Å². The Morgan fingerprint density at radius 2 is 2.25 bits per heavy atom. The molecule has 0 aromatic heterocycles. The summed E-state index contributed by atoms with van der Waals surface area (Å²) in [4.78, 5) is 22.4. The summed E-state index contributed by atoms with van der Waals surface area (Å²) in [6, 6.07) is 0. The van der Waals surface area contributed by atoms with Gasteiger partial charge in [0, 0.05) is 6.42 Å². The molecule has 1 heterocycles. The molecule has 1 aliphatic heterocycles. The minimum Gasteiger partial charge on any atom is -0.434 e. The SMILES string of the molecule is CCCCOC(=O)OC(=O)[C@]1(O)CCCN1. The van der Waals surface area contributed by atoms with Crippen molar-refractivity contribution < 1.29 is 24.2 Å². The lowest BCUT2D eigenvalue weighted by atomic mass is 10.2. The van der Waals surface area contributed by atoms with Crippen LogP contribution in [0.1, 0.15) is 32.6 Å². The Balaban J connectivity index is 2.30. The maximum atomic E-state index is 11.4. The molecule has 0 radical (unpaired) electrons. The van der Waals surface area contributed by atoms with Gasteiger partial charge in [-0.1, -0.05) is 13.3 Å². The van der Waals surface area contributed by atoms with Gasteiger partial charge < -0.3 is 14.6 Å². The van der Waals surface area contributed by atoms with Gasteiger partial charge in [0.15, 0.2) is 0 Å². The first-order valence-electron chi connectivity index (χ1n) is 5.45. The predicted molar refractivity (Wildman–Crippen MR) is 54.5 cm³/mol. The second-order valence-electron chi connectivity index (χ2n) is 3.73. The maximum absolute atomic E-state index is 11.4. The number of hydrogen-bond acceptors (Lipinski definition) is 6. The van der Waals surface area contributed by atoms with Gasteiger partial charge in [-0.25, -0.2) is 9.59 Å². The largest absolute Gasteiger partial charge is 0.516 e. The monoisotopic (exact) mass is 231 g/mol. The van der Waals surface area contributed by atoms with Gasteiger partial charge in [-0.3, -0.25) is 5.32 Å². The number of ether oxygens (including phenoxy) is 2. The van der Waals surface area contributed by atoms with Gasteiger partial charge in [-0.05, 0) is 19.4 Å². The van der Waals surface area contributed by atoms with Crippen LogP contribution in [0.25, 0.3) is 0 Å². The van der Waals surface area contributed by atoms with Crippen LogP contribution in [0.5, 0.6) is 0 Å². The van der Waals surface area contributed by atoms with E-state index in [1.807, 2.05) is 6.92 Å². The molecule has 2 N–H and O–H groups in total. The van der Waals surface area contributed by atoms with E-state index in [4.69, 9.17) is 0 Å². The van der Waals surface area contributed by atoms with Crippen molar-refractivity contribution >= 4 is 12.1 Å². The zero-order valence-electron chi connectivity index (χ0n) is 9.32. The summed E-state index contributed by atoms with van der Waals surface area (Å²) in [5, 5.41) is 12.3. The molecular weight excluding hydrogens is 214 g/mol. The van der Waals surface area contributed by atoms with Gasteiger partial charge in [-0.2, -0.15) is 0 Å². The first-order valence-corrected chi connectivity index (χ1v) is 5.45. The van der Waals surface area contributed by atoms with Crippen LogP contribution >= 0.6 is 0 Å². The highest BCUT2D eigenvalue weighted by molar-refractivity contribution is 5.87. The Morgan fingerprint density at radius 3 is 2.81 bits per heavy atom. The third-order valence-corrected chi connectivity index (χ3v) is 2.36. The molecule has 1 atom stereocenters. The molecule has 6 nitrogen and oxygen atoms in total. The van der Waals surface area contributed by atoms with Crippen molar-refractivity contribution in [2.24, 2.45) is 0 Å². The molecule has 0 unspecified atom stereocenters. The Bertz CT molecular complexity index is 260. The average Bonchev–Trinajstić information content (AvgIpc) is 2.67. The van der Waals surface area contributed by atoms with E-state index in [9.17, 15) is 14.7 Å². The quantitative estimate of drug-likeness (QED) is 0.417. The van der Waals surface area contributed by atoms with Crippen molar-refractivity contribution in [2.45, 2.75) is 38.3 Å². The van der Waals surface area contributed by atoms with Crippen molar-refractivity contribution in [1.29, 1.82) is 0 Å². The maximum Gasteiger partial charge on any atom is 0.516 e. The molecule has 16 heavy (non-hydrogen) atoms. The zero-order chi connectivity index (χ0) is 12.0. The summed E-state index contributed by atoms with van der Waals surface area (Å²) < 4.78 is 9.01. The van der Waals surface area contributed by atoms with Crippen LogP contribution in [0.15, 0.2) is 0 Å². The highest BCUT2D eigenvalue weighted by atomic mass is 16.7. The van der Waals surface area contributed by atoms with E-state index in [1.54, 1.807) is 0 Å². The summed E-state index contributed by atoms with van der Waals surface area (Å²) >= 11 is 0. The lowest BCUT2D eigenvalue weighted by Gasteiger charge is -2.19. The smallest absolute Gasteiger partial charge is 0.434 e. The fourth-order valence-electron chi connectivity index (χ4n) is 1.39. The molecule has 1 rings (SSSR count). The average molecular weight is 231 g/mol. The lowest BCUT2D eigenvalue weighted by Crippen LogP contribution is -2.49. The summed E-state index contributed by atoms with van der Waals surface area (Å²) in [5.41, 5.74) is -1.73. The van der Waals surface area contributed by atoms with E-state index < -0.39 is 17.8 Å². The Labute approximate surface area is 93.9 Å². The lowest BCUT2D eigenvalue weighted by molar-refractivity contribution is -0.162. The third kappa shape index (κ3) is 3.46. The summed E-state index contributed by atoms with van der Waals surface area (Å²) in [5.74, 6) is -0.994. The van der Waals surface area contributed by atoms with Crippen LogP contribution < -0.4 is 5.32 Å². The molecule has 0 saturated carbocycles. The highest BCUT2D eigenvalue weighted by Gasteiger charge is 2.41. The van der Waals surface area contributed by atoms with Crippen molar-refractivity contribution in [2.75, 3.05) is 13.2 Å². The number of aliphatic hydroxyl groups is 1. The van der Waals surface area contributed by atoms with Crippen LogP contribution in [0.3, 0.4) is 0 Å². The molecule has 0 aromatic carbocycles. The van der Waals surface area contributed by atoms with Gasteiger partial charge >= 0.3 is 12.1 Å². The number of hydrogen-bond donors (Lipinski definition) is 2. The number of unbranched alkanes of at least 4 members (excludes halogenated alkanes) is 1. The minimum absolute atomic E-state index is 0.217. The molecular formula is C10H17NO5. The second kappa shape index (κ2) is 5.81. The number of carbonyl (C=O) groups excluding carboxylic acids is 2. The topological polar surface area (TPSA) is 84.9 Å². The van der Waals surface area contributed by atoms with Gasteiger partial charge in [0.05, 0.1) is 6.61 Å². The predicted octanol–water partition coefficient (Wildman–Crippen LogP) is 0.538. The van der Waals surface area contributed by atoms with Crippen molar-refractivity contribution in [3.8, 4) is 0 Å². The van der Waals surface area contributed by atoms with E-state index in [0.717, 1.165) is 6.42 Å². The van der Waals surface area contributed by atoms with Crippen LogP contribution in [0.2, 0.25) is 0 Å². The van der Waals surface area contributed by atoms with Crippen LogP contribution in [0, 0.1) is 0 Å². The molecule has 0 bridgehead atoms. The van der Waals surface area contributed by atoms with Crippen molar-refractivity contribution in [1.82, 2.24) is 5.32 Å². The minimum atomic E-state index is -1.73. The second-order valence-corrected chi connectivity index (χ2v) is 3.73. The van der Waals surface area contributed by atoms with Gasteiger partial charge in [0.1, 0.15) is 0 Å². The summed E-state index contributed by atoms with van der Waals surface area (Å²) in [7, 11) is 0. The van der Waals surface area contributed by atoms with E-state index in [-0.39, 0.29) is 13.0 Å². The first kappa shape index (κ1) is 12.9. The normalized spacial score (nSPS) is 24.1. The first-order chi connectivity index (χ1) is 7.58.